The van der Waals surface area contributed by atoms with Crippen molar-refractivity contribution in [2.75, 3.05) is 4.90 Å². The number of benzene rings is 3. The molecule has 0 spiro atoms. The maximum absolute atomic E-state index is 14.1. The van der Waals surface area contributed by atoms with Gasteiger partial charge in [0.25, 0.3) is 5.91 Å². The standard InChI is InChI=1S/C29H20ClN3O3S2/c1-15-7-6-10-18(13-15)23-22(24(34)26-16(2)31-27(38-26)17-8-4-3-5-9-17)25(35)28(36)33(23)29-32-20-12-11-19(30)14-21(20)37-29/h3-14,23,35H,1-2H3. The first-order valence-electron chi connectivity index (χ1n) is 11.8. The van der Waals surface area contributed by atoms with E-state index in [2.05, 4.69) is 9.97 Å². The van der Waals surface area contributed by atoms with Crippen molar-refractivity contribution in [1.82, 2.24) is 9.97 Å². The summed E-state index contributed by atoms with van der Waals surface area (Å²) in [6.07, 6.45) is 0. The lowest BCUT2D eigenvalue weighted by Gasteiger charge is -2.24. The summed E-state index contributed by atoms with van der Waals surface area (Å²) in [5, 5.41) is 12.8. The van der Waals surface area contributed by atoms with E-state index < -0.39 is 23.5 Å². The van der Waals surface area contributed by atoms with E-state index in [0.29, 0.717) is 36.8 Å². The fourth-order valence-corrected chi connectivity index (χ4v) is 6.91. The molecule has 0 radical (unpaired) electrons. The van der Waals surface area contributed by atoms with Crippen LogP contribution in [0.25, 0.3) is 20.8 Å². The van der Waals surface area contributed by atoms with Crippen LogP contribution in [0, 0.1) is 13.8 Å². The van der Waals surface area contributed by atoms with E-state index in [1.165, 1.54) is 27.6 Å². The molecule has 6 nitrogen and oxygen atoms in total. The number of aromatic nitrogens is 2. The highest BCUT2D eigenvalue weighted by atomic mass is 35.5. The average Bonchev–Trinajstić information content (AvgIpc) is 3.58. The fourth-order valence-electron chi connectivity index (χ4n) is 4.61. The van der Waals surface area contributed by atoms with Crippen LogP contribution in [0.3, 0.4) is 0 Å². The van der Waals surface area contributed by atoms with Gasteiger partial charge in [-0.1, -0.05) is 83.1 Å². The molecule has 5 aromatic rings. The third-order valence-electron chi connectivity index (χ3n) is 6.38. The quantitative estimate of drug-likeness (QED) is 0.227. The Kier molecular flexibility index (Phi) is 6.10. The van der Waals surface area contributed by atoms with Crippen LogP contribution in [0.15, 0.2) is 84.1 Å². The van der Waals surface area contributed by atoms with Crippen molar-refractivity contribution in [1.29, 1.82) is 0 Å². The number of hydrogen-bond acceptors (Lipinski definition) is 7. The Hall–Kier alpha value is -3.85. The number of hydrogen-bond donors (Lipinski definition) is 1. The van der Waals surface area contributed by atoms with E-state index in [-0.39, 0.29) is 5.57 Å². The summed E-state index contributed by atoms with van der Waals surface area (Å²) in [6.45, 7) is 3.70. The first-order chi connectivity index (χ1) is 18.3. The van der Waals surface area contributed by atoms with Crippen molar-refractivity contribution < 1.29 is 14.7 Å². The van der Waals surface area contributed by atoms with Gasteiger partial charge in [-0.25, -0.2) is 9.97 Å². The number of carbonyl (C=O) groups excluding carboxylic acids is 2. The average molecular weight is 558 g/mol. The molecule has 0 saturated heterocycles. The lowest BCUT2D eigenvalue weighted by atomic mass is 9.94. The van der Waals surface area contributed by atoms with Gasteiger partial charge in [0.05, 0.1) is 32.4 Å². The van der Waals surface area contributed by atoms with E-state index in [1.54, 1.807) is 25.1 Å². The van der Waals surface area contributed by atoms with Crippen LogP contribution in [0.2, 0.25) is 5.02 Å². The van der Waals surface area contributed by atoms with Gasteiger partial charge < -0.3 is 5.11 Å². The van der Waals surface area contributed by atoms with Crippen molar-refractivity contribution in [3.8, 4) is 10.6 Å². The Morgan fingerprint density at radius 2 is 1.76 bits per heavy atom. The second-order valence-electron chi connectivity index (χ2n) is 8.99. The molecule has 9 heteroatoms. The van der Waals surface area contributed by atoms with Gasteiger partial charge in [0, 0.05) is 10.6 Å². The number of aliphatic hydroxyl groups excluding tert-OH is 1. The van der Waals surface area contributed by atoms with Crippen LogP contribution in [-0.4, -0.2) is 26.8 Å². The van der Waals surface area contributed by atoms with Crippen LogP contribution >= 0.6 is 34.3 Å². The SMILES string of the molecule is Cc1cccc(C2C(C(=O)c3sc(-c4ccccc4)nc3C)=C(O)C(=O)N2c2nc3ccc(Cl)cc3s2)c1. The molecule has 3 heterocycles. The van der Waals surface area contributed by atoms with Gasteiger partial charge in [0.1, 0.15) is 5.01 Å². The van der Waals surface area contributed by atoms with Crippen molar-refractivity contribution in [2.24, 2.45) is 0 Å². The highest BCUT2D eigenvalue weighted by Gasteiger charge is 2.46. The molecule has 1 aliphatic heterocycles. The Morgan fingerprint density at radius 1 is 0.974 bits per heavy atom. The number of anilines is 1. The Morgan fingerprint density at radius 3 is 2.53 bits per heavy atom. The molecule has 6 rings (SSSR count). The van der Waals surface area contributed by atoms with E-state index in [1.807, 2.05) is 61.5 Å². The van der Waals surface area contributed by atoms with Gasteiger partial charge in [-0.3, -0.25) is 14.5 Å². The molecular formula is C29H20ClN3O3S2. The first kappa shape index (κ1) is 24.5. The van der Waals surface area contributed by atoms with Crippen molar-refractivity contribution in [3.05, 3.63) is 111 Å². The lowest BCUT2D eigenvalue weighted by Crippen LogP contribution is -2.31. The third-order valence-corrected chi connectivity index (χ3v) is 8.84. The Labute approximate surface area is 231 Å². The van der Waals surface area contributed by atoms with Gasteiger partial charge in [-0.05, 0) is 37.6 Å². The number of Topliss-reactive ketones (excluding diaryl/α,β-unsaturated/α-hetero) is 1. The third kappa shape index (κ3) is 4.11. The summed E-state index contributed by atoms with van der Waals surface area (Å²) in [7, 11) is 0. The summed E-state index contributed by atoms with van der Waals surface area (Å²) in [4.78, 5) is 38.7. The monoisotopic (exact) mass is 557 g/mol. The molecule has 0 bridgehead atoms. The summed E-state index contributed by atoms with van der Waals surface area (Å²) >= 11 is 8.71. The van der Waals surface area contributed by atoms with Gasteiger partial charge in [-0.15, -0.1) is 11.3 Å². The van der Waals surface area contributed by atoms with E-state index in [4.69, 9.17) is 11.6 Å². The summed E-state index contributed by atoms with van der Waals surface area (Å²) in [5.41, 5.74) is 3.80. The van der Waals surface area contributed by atoms with E-state index in [9.17, 15) is 14.7 Å². The molecule has 2 aromatic heterocycles. The minimum atomic E-state index is -0.854. The molecule has 38 heavy (non-hydrogen) atoms. The molecule has 1 unspecified atom stereocenters. The Balaban J connectivity index is 1.49. The summed E-state index contributed by atoms with van der Waals surface area (Å²) in [5.74, 6) is -1.67. The van der Waals surface area contributed by atoms with Gasteiger partial charge in [0.15, 0.2) is 10.9 Å². The van der Waals surface area contributed by atoms with Crippen LogP contribution in [0.5, 0.6) is 0 Å². The number of amides is 1. The van der Waals surface area contributed by atoms with Crippen molar-refractivity contribution in [3.63, 3.8) is 0 Å². The zero-order valence-corrected chi connectivity index (χ0v) is 22.7. The maximum atomic E-state index is 14.1. The number of ketones is 1. The smallest absolute Gasteiger partial charge is 0.296 e. The molecule has 1 amide bonds. The molecule has 1 N–H and O–H groups in total. The normalized spacial score (nSPS) is 15.6. The number of halogens is 1. The minimum absolute atomic E-state index is 0.0178. The zero-order chi connectivity index (χ0) is 26.6. The van der Waals surface area contributed by atoms with E-state index in [0.717, 1.165) is 15.8 Å². The maximum Gasteiger partial charge on any atom is 0.296 e. The van der Waals surface area contributed by atoms with Crippen LogP contribution in [0.4, 0.5) is 5.13 Å². The topological polar surface area (TPSA) is 83.4 Å². The van der Waals surface area contributed by atoms with Crippen LogP contribution in [0.1, 0.15) is 32.5 Å². The van der Waals surface area contributed by atoms with Crippen LogP contribution in [-0.2, 0) is 4.79 Å². The number of thiazole rings is 2. The molecule has 1 atom stereocenters. The summed E-state index contributed by atoms with van der Waals surface area (Å²) < 4.78 is 0.799. The number of aliphatic hydroxyl groups is 1. The van der Waals surface area contributed by atoms with Gasteiger partial charge >= 0.3 is 0 Å². The number of fused-ring (bicyclic) bond motifs is 1. The molecule has 188 valence electrons. The molecule has 1 aliphatic rings. The number of nitrogens with zero attached hydrogens (tertiary/aromatic N) is 3. The highest BCUT2D eigenvalue weighted by Crippen LogP contribution is 2.45. The first-order valence-corrected chi connectivity index (χ1v) is 13.8. The highest BCUT2D eigenvalue weighted by molar-refractivity contribution is 7.22. The van der Waals surface area contributed by atoms with Crippen molar-refractivity contribution in [2.45, 2.75) is 19.9 Å². The molecular weight excluding hydrogens is 538 g/mol. The fraction of sp³-hybridized carbons (Fsp3) is 0.103. The van der Waals surface area contributed by atoms with Gasteiger partial charge in [0.2, 0.25) is 5.78 Å². The molecule has 0 aliphatic carbocycles. The zero-order valence-electron chi connectivity index (χ0n) is 20.3. The largest absolute Gasteiger partial charge is 0.503 e. The summed E-state index contributed by atoms with van der Waals surface area (Å²) in [6, 6.07) is 21.6. The molecule has 0 fully saturated rings. The molecule has 3 aromatic carbocycles. The Bertz CT molecular complexity index is 1770. The number of carbonyl (C=O) groups is 2. The second-order valence-corrected chi connectivity index (χ2v) is 11.4. The van der Waals surface area contributed by atoms with Crippen molar-refractivity contribution >= 4 is 61.3 Å². The second kappa shape index (κ2) is 9.47. The minimum Gasteiger partial charge on any atom is -0.503 e. The number of rotatable bonds is 5. The molecule has 0 saturated carbocycles. The lowest BCUT2D eigenvalue weighted by molar-refractivity contribution is -0.117. The van der Waals surface area contributed by atoms with Gasteiger partial charge in [-0.2, -0.15) is 0 Å². The predicted octanol–water partition coefficient (Wildman–Crippen LogP) is 7.47. The van der Waals surface area contributed by atoms with E-state index >= 15 is 0 Å². The number of aryl methyl sites for hydroxylation is 2. The predicted molar refractivity (Wildman–Crippen MR) is 152 cm³/mol. The van der Waals surface area contributed by atoms with Crippen LogP contribution < -0.4 is 4.90 Å².